The van der Waals surface area contributed by atoms with Gasteiger partial charge in [-0.3, -0.25) is 0 Å². The highest BCUT2D eigenvalue weighted by Crippen LogP contribution is 2.40. The van der Waals surface area contributed by atoms with Crippen LogP contribution in [0.15, 0.2) is 48.7 Å². The lowest BCUT2D eigenvalue weighted by atomic mass is 9.79. The van der Waals surface area contributed by atoms with Crippen LogP contribution < -0.4 is 15.5 Å². The van der Waals surface area contributed by atoms with E-state index in [0.717, 1.165) is 31.1 Å². The topological polar surface area (TPSA) is 40.2 Å². The highest BCUT2D eigenvalue weighted by molar-refractivity contribution is 7.80. The standard InChI is InChI=1S/C22H28N4S/c27-21(25-19-10-11-20(23-16-19)26-14-6-7-15-26)24-17-22(12-4-5-13-22)18-8-2-1-3-9-18/h1-3,8-11,16H,4-7,12-15,17H2,(H2,24,25,27). The number of rotatable bonds is 5. The van der Waals surface area contributed by atoms with Crippen molar-refractivity contribution in [1.82, 2.24) is 10.3 Å². The Kier molecular flexibility index (Phi) is 5.58. The zero-order chi connectivity index (χ0) is 18.5. The molecule has 0 radical (unpaired) electrons. The molecule has 0 bridgehead atoms. The van der Waals surface area contributed by atoms with E-state index in [1.165, 1.54) is 44.1 Å². The molecule has 2 aromatic rings. The van der Waals surface area contributed by atoms with Gasteiger partial charge in [-0.2, -0.15) is 0 Å². The van der Waals surface area contributed by atoms with Gasteiger partial charge in [-0.05, 0) is 55.6 Å². The minimum atomic E-state index is 0.199. The van der Waals surface area contributed by atoms with Gasteiger partial charge in [0.2, 0.25) is 0 Å². The molecule has 142 valence electrons. The molecule has 4 nitrogen and oxygen atoms in total. The lowest BCUT2D eigenvalue weighted by Crippen LogP contribution is -2.40. The van der Waals surface area contributed by atoms with Gasteiger partial charge in [-0.25, -0.2) is 4.98 Å². The van der Waals surface area contributed by atoms with E-state index in [1.54, 1.807) is 0 Å². The molecule has 0 unspecified atom stereocenters. The van der Waals surface area contributed by atoms with Crippen molar-refractivity contribution in [2.75, 3.05) is 29.9 Å². The van der Waals surface area contributed by atoms with Gasteiger partial charge in [0.1, 0.15) is 5.82 Å². The first-order chi connectivity index (χ1) is 13.3. The average Bonchev–Trinajstić information content (AvgIpc) is 3.41. The van der Waals surface area contributed by atoms with Crippen molar-refractivity contribution < 1.29 is 0 Å². The number of hydrogen-bond donors (Lipinski definition) is 2. The van der Waals surface area contributed by atoms with Gasteiger partial charge in [-0.1, -0.05) is 43.2 Å². The Labute approximate surface area is 167 Å². The maximum atomic E-state index is 5.55. The number of aromatic nitrogens is 1. The van der Waals surface area contributed by atoms with Crippen molar-refractivity contribution in [3.05, 3.63) is 54.2 Å². The summed E-state index contributed by atoms with van der Waals surface area (Å²) >= 11 is 5.55. The molecular formula is C22H28N4S. The molecule has 0 atom stereocenters. The zero-order valence-electron chi connectivity index (χ0n) is 15.8. The van der Waals surface area contributed by atoms with Crippen LogP contribution in [0.3, 0.4) is 0 Å². The molecule has 27 heavy (non-hydrogen) atoms. The molecule has 2 fully saturated rings. The van der Waals surface area contributed by atoms with Crippen LogP contribution in [-0.2, 0) is 5.41 Å². The highest BCUT2D eigenvalue weighted by atomic mass is 32.1. The van der Waals surface area contributed by atoms with Crippen LogP contribution in [0.5, 0.6) is 0 Å². The van der Waals surface area contributed by atoms with Crippen LogP contribution in [-0.4, -0.2) is 29.7 Å². The van der Waals surface area contributed by atoms with E-state index in [1.807, 2.05) is 6.20 Å². The summed E-state index contributed by atoms with van der Waals surface area (Å²) in [4.78, 5) is 6.93. The second-order valence-electron chi connectivity index (χ2n) is 7.76. The molecule has 5 heteroatoms. The molecule has 0 spiro atoms. The molecule has 1 aromatic heterocycles. The van der Waals surface area contributed by atoms with Crippen molar-refractivity contribution in [2.24, 2.45) is 0 Å². The van der Waals surface area contributed by atoms with Crippen molar-refractivity contribution >= 4 is 28.8 Å². The van der Waals surface area contributed by atoms with Gasteiger partial charge in [-0.15, -0.1) is 0 Å². The minimum absolute atomic E-state index is 0.199. The smallest absolute Gasteiger partial charge is 0.170 e. The first-order valence-electron chi connectivity index (χ1n) is 10.1. The highest BCUT2D eigenvalue weighted by Gasteiger charge is 2.35. The quantitative estimate of drug-likeness (QED) is 0.749. The summed E-state index contributed by atoms with van der Waals surface area (Å²) in [6.45, 7) is 3.10. The Morgan fingerprint density at radius 3 is 2.41 bits per heavy atom. The van der Waals surface area contributed by atoms with Crippen LogP contribution in [0, 0.1) is 0 Å². The summed E-state index contributed by atoms with van der Waals surface area (Å²) in [7, 11) is 0. The monoisotopic (exact) mass is 380 g/mol. The van der Waals surface area contributed by atoms with E-state index >= 15 is 0 Å². The Morgan fingerprint density at radius 1 is 1.00 bits per heavy atom. The fraction of sp³-hybridized carbons (Fsp3) is 0.455. The van der Waals surface area contributed by atoms with E-state index in [2.05, 4.69) is 63.0 Å². The molecule has 1 aromatic carbocycles. The van der Waals surface area contributed by atoms with E-state index in [4.69, 9.17) is 12.2 Å². The van der Waals surface area contributed by atoms with Gasteiger partial charge in [0.25, 0.3) is 0 Å². The minimum Gasteiger partial charge on any atom is -0.362 e. The fourth-order valence-corrected chi connectivity index (χ4v) is 4.62. The third-order valence-corrected chi connectivity index (χ3v) is 6.22. The fourth-order valence-electron chi connectivity index (χ4n) is 4.43. The number of anilines is 2. The Bertz CT molecular complexity index is 748. The maximum absolute atomic E-state index is 5.55. The lowest BCUT2D eigenvalue weighted by Gasteiger charge is -2.30. The summed E-state index contributed by atoms with van der Waals surface area (Å²) in [5, 5.41) is 7.43. The van der Waals surface area contributed by atoms with Gasteiger partial charge in [0.15, 0.2) is 5.11 Å². The van der Waals surface area contributed by atoms with E-state index in [-0.39, 0.29) is 5.41 Å². The summed E-state index contributed by atoms with van der Waals surface area (Å²) in [6.07, 6.45) is 9.43. The summed E-state index contributed by atoms with van der Waals surface area (Å²) in [6, 6.07) is 15.0. The molecule has 1 aliphatic carbocycles. The zero-order valence-corrected chi connectivity index (χ0v) is 16.6. The Morgan fingerprint density at radius 2 is 1.74 bits per heavy atom. The molecule has 4 rings (SSSR count). The number of hydrogen-bond acceptors (Lipinski definition) is 3. The van der Waals surface area contributed by atoms with Crippen LogP contribution in [0.4, 0.5) is 11.5 Å². The number of benzene rings is 1. The number of nitrogens with one attached hydrogen (secondary N) is 2. The Hall–Kier alpha value is -2.14. The molecular weight excluding hydrogens is 352 g/mol. The van der Waals surface area contributed by atoms with Gasteiger partial charge in [0, 0.05) is 25.0 Å². The number of nitrogens with zero attached hydrogens (tertiary/aromatic N) is 2. The summed E-state index contributed by atoms with van der Waals surface area (Å²) < 4.78 is 0. The molecule has 1 aliphatic heterocycles. The van der Waals surface area contributed by atoms with Crippen molar-refractivity contribution in [3.63, 3.8) is 0 Å². The second kappa shape index (κ2) is 8.26. The first-order valence-corrected chi connectivity index (χ1v) is 10.5. The van der Waals surface area contributed by atoms with Crippen molar-refractivity contribution in [3.8, 4) is 0 Å². The normalized spacial score (nSPS) is 18.4. The van der Waals surface area contributed by atoms with Gasteiger partial charge >= 0.3 is 0 Å². The third kappa shape index (κ3) is 4.24. The predicted octanol–water partition coefficient (Wildman–Crippen LogP) is 4.48. The SMILES string of the molecule is S=C(NCC1(c2ccccc2)CCCC1)Nc1ccc(N2CCCC2)nc1. The molecule has 2 N–H and O–H groups in total. The largest absolute Gasteiger partial charge is 0.362 e. The van der Waals surface area contributed by atoms with Crippen molar-refractivity contribution in [2.45, 2.75) is 43.9 Å². The van der Waals surface area contributed by atoms with Crippen LogP contribution >= 0.6 is 12.2 Å². The summed E-state index contributed by atoms with van der Waals surface area (Å²) in [5.41, 5.74) is 2.57. The first kappa shape index (κ1) is 18.2. The molecule has 2 aliphatic rings. The Balaban J connectivity index is 1.35. The second-order valence-corrected chi connectivity index (χ2v) is 8.17. The van der Waals surface area contributed by atoms with Gasteiger partial charge < -0.3 is 15.5 Å². The molecule has 1 saturated heterocycles. The van der Waals surface area contributed by atoms with Crippen LogP contribution in [0.25, 0.3) is 0 Å². The van der Waals surface area contributed by atoms with E-state index in [9.17, 15) is 0 Å². The van der Waals surface area contributed by atoms with Gasteiger partial charge in [0.05, 0.1) is 11.9 Å². The number of thiocarbonyl (C=S) groups is 1. The summed E-state index contributed by atoms with van der Waals surface area (Å²) in [5.74, 6) is 1.06. The third-order valence-electron chi connectivity index (χ3n) is 5.97. The van der Waals surface area contributed by atoms with E-state index in [0.29, 0.717) is 5.11 Å². The maximum Gasteiger partial charge on any atom is 0.170 e. The molecule has 1 saturated carbocycles. The van der Waals surface area contributed by atoms with Crippen LogP contribution in [0.1, 0.15) is 44.1 Å². The molecule has 2 heterocycles. The predicted molar refractivity (Wildman–Crippen MR) is 116 cm³/mol. The van der Waals surface area contributed by atoms with E-state index < -0.39 is 0 Å². The lowest BCUT2D eigenvalue weighted by molar-refractivity contribution is 0.435. The van der Waals surface area contributed by atoms with Crippen molar-refractivity contribution in [1.29, 1.82) is 0 Å². The number of pyridine rings is 1. The molecule has 0 amide bonds. The average molecular weight is 381 g/mol. The van der Waals surface area contributed by atoms with Crippen LogP contribution in [0.2, 0.25) is 0 Å².